The van der Waals surface area contributed by atoms with Crippen LogP contribution in [0.2, 0.25) is 0 Å². The summed E-state index contributed by atoms with van der Waals surface area (Å²) in [5, 5.41) is 11.4. The highest BCUT2D eigenvalue weighted by Gasteiger charge is 2.10. The van der Waals surface area contributed by atoms with Gasteiger partial charge in [0.2, 0.25) is 0 Å². The molecular formula is C19H18F2N2O3S. The van der Waals surface area contributed by atoms with Crippen LogP contribution in [0.25, 0.3) is 11.3 Å². The SMILES string of the molecule is COc1ccc(N=c2scc(-c3ccc(OC(F)F)cc3)n2CCO)cc1. The van der Waals surface area contributed by atoms with E-state index in [1.807, 2.05) is 34.2 Å². The second-order valence-corrected chi connectivity index (χ2v) is 6.33. The van der Waals surface area contributed by atoms with Crippen molar-refractivity contribution < 1.29 is 23.4 Å². The highest BCUT2D eigenvalue weighted by atomic mass is 32.1. The van der Waals surface area contributed by atoms with Gasteiger partial charge in [0.15, 0.2) is 4.80 Å². The Morgan fingerprint density at radius 2 is 1.74 bits per heavy atom. The average molecular weight is 392 g/mol. The first-order valence-electron chi connectivity index (χ1n) is 8.14. The molecule has 142 valence electrons. The van der Waals surface area contributed by atoms with Crippen molar-refractivity contribution in [3.05, 3.63) is 58.7 Å². The molecule has 0 amide bonds. The van der Waals surface area contributed by atoms with E-state index in [1.165, 1.54) is 23.5 Å². The van der Waals surface area contributed by atoms with Crippen LogP contribution in [0.3, 0.4) is 0 Å². The lowest BCUT2D eigenvalue weighted by molar-refractivity contribution is -0.0498. The molecule has 1 heterocycles. The molecule has 0 unspecified atom stereocenters. The minimum Gasteiger partial charge on any atom is -0.497 e. The van der Waals surface area contributed by atoms with E-state index in [9.17, 15) is 13.9 Å². The van der Waals surface area contributed by atoms with Gasteiger partial charge in [-0.3, -0.25) is 0 Å². The lowest BCUT2D eigenvalue weighted by Crippen LogP contribution is -2.17. The second-order valence-electron chi connectivity index (χ2n) is 5.49. The number of thiazole rings is 1. The monoisotopic (exact) mass is 392 g/mol. The lowest BCUT2D eigenvalue weighted by Gasteiger charge is -2.09. The summed E-state index contributed by atoms with van der Waals surface area (Å²) in [5.74, 6) is 0.844. The molecule has 0 radical (unpaired) electrons. The van der Waals surface area contributed by atoms with Crippen molar-refractivity contribution in [2.45, 2.75) is 13.2 Å². The fraction of sp³-hybridized carbons (Fsp3) is 0.211. The van der Waals surface area contributed by atoms with Crippen molar-refractivity contribution >= 4 is 17.0 Å². The fourth-order valence-corrected chi connectivity index (χ4v) is 3.50. The maximum Gasteiger partial charge on any atom is 0.387 e. The minimum absolute atomic E-state index is 0.0495. The zero-order valence-corrected chi connectivity index (χ0v) is 15.3. The third kappa shape index (κ3) is 4.72. The van der Waals surface area contributed by atoms with Gasteiger partial charge in [-0.25, -0.2) is 4.99 Å². The van der Waals surface area contributed by atoms with Crippen LogP contribution in [0.4, 0.5) is 14.5 Å². The van der Waals surface area contributed by atoms with E-state index in [0.717, 1.165) is 27.5 Å². The van der Waals surface area contributed by atoms with E-state index in [-0.39, 0.29) is 12.4 Å². The van der Waals surface area contributed by atoms with Crippen LogP contribution >= 0.6 is 11.3 Å². The van der Waals surface area contributed by atoms with Crippen molar-refractivity contribution in [1.82, 2.24) is 4.57 Å². The lowest BCUT2D eigenvalue weighted by atomic mass is 10.1. The zero-order chi connectivity index (χ0) is 19.2. The number of ether oxygens (including phenoxy) is 2. The number of methoxy groups -OCH3 is 1. The number of rotatable bonds is 7. The molecule has 3 aromatic rings. The number of aliphatic hydroxyl groups is 1. The smallest absolute Gasteiger partial charge is 0.387 e. The highest BCUT2D eigenvalue weighted by Crippen LogP contribution is 2.24. The van der Waals surface area contributed by atoms with Crippen molar-refractivity contribution in [2.75, 3.05) is 13.7 Å². The van der Waals surface area contributed by atoms with Crippen LogP contribution in [0, 0.1) is 0 Å². The number of benzene rings is 2. The van der Waals surface area contributed by atoms with Gasteiger partial charge in [0.1, 0.15) is 11.5 Å². The Balaban J connectivity index is 1.96. The topological polar surface area (TPSA) is 56.0 Å². The summed E-state index contributed by atoms with van der Waals surface area (Å²) in [6.07, 6.45) is 0. The van der Waals surface area contributed by atoms with Gasteiger partial charge in [-0.2, -0.15) is 8.78 Å². The number of hydrogen-bond acceptors (Lipinski definition) is 5. The molecule has 3 rings (SSSR count). The zero-order valence-electron chi connectivity index (χ0n) is 14.5. The molecule has 1 aromatic heterocycles. The van der Waals surface area contributed by atoms with Gasteiger partial charge < -0.3 is 19.1 Å². The Labute approximate surface area is 158 Å². The van der Waals surface area contributed by atoms with E-state index >= 15 is 0 Å². The molecule has 5 nitrogen and oxygen atoms in total. The van der Waals surface area contributed by atoms with E-state index < -0.39 is 6.61 Å². The average Bonchev–Trinajstić information content (AvgIpc) is 3.05. The summed E-state index contributed by atoms with van der Waals surface area (Å²) >= 11 is 1.43. The van der Waals surface area contributed by atoms with Crippen molar-refractivity contribution in [3.8, 4) is 22.8 Å². The van der Waals surface area contributed by atoms with Gasteiger partial charge in [-0.1, -0.05) is 0 Å². The highest BCUT2D eigenvalue weighted by molar-refractivity contribution is 7.07. The van der Waals surface area contributed by atoms with Crippen LogP contribution in [-0.4, -0.2) is 30.0 Å². The van der Waals surface area contributed by atoms with Crippen LogP contribution in [0.15, 0.2) is 58.9 Å². The molecule has 0 saturated carbocycles. The molecule has 27 heavy (non-hydrogen) atoms. The number of nitrogens with zero attached hydrogens (tertiary/aromatic N) is 2. The molecular weight excluding hydrogens is 374 g/mol. The predicted octanol–water partition coefficient (Wildman–Crippen LogP) is 4.05. The van der Waals surface area contributed by atoms with E-state index in [1.54, 1.807) is 19.2 Å². The molecule has 2 aromatic carbocycles. The Bertz CT molecular complexity index is 935. The Morgan fingerprint density at radius 3 is 2.33 bits per heavy atom. The first-order chi connectivity index (χ1) is 13.1. The molecule has 8 heteroatoms. The van der Waals surface area contributed by atoms with Crippen molar-refractivity contribution in [2.24, 2.45) is 4.99 Å². The maximum atomic E-state index is 12.3. The number of alkyl halides is 2. The van der Waals surface area contributed by atoms with Crippen LogP contribution < -0.4 is 14.3 Å². The minimum atomic E-state index is -2.86. The standard InChI is InChI=1S/C19H18F2N2O3S/c1-25-15-8-4-14(5-9-15)22-19-23(10-11-24)17(12-27-19)13-2-6-16(7-3-13)26-18(20)21/h2-9,12,18,24H,10-11H2,1H3. The third-order valence-electron chi connectivity index (χ3n) is 3.79. The predicted molar refractivity (Wildman–Crippen MR) is 99.7 cm³/mol. The quantitative estimate of drug-likeness (QED) is 0.660. The summed E-state index contributed by atoms with van der Waals surface area (Å²) in [7, 11) is 1.60. The summed E-state index contributed by atoms with van der Waals surface area (Å²) in [6, 6.07) is 13.7. The number of aliphatic hydroxyl groups excluding tert-OH is 1. The molecule has 0 bridgehead atoms. The second kappa shape index (κ2) is 8.79. The number of halogens is 2. The van der Waals surface area contributed by atoms with Gasteiger partial charge in [0, 0.05) is 11.9 Å². The number of hydrogen-bond donors (Lipinski definition) is 1. The Morgan fingerprint density at radius 1 is 1.07 bits per heavy atom. The fourth-order valence-electron chi connectivity index (χ4n) is 2.54. The summed E-state index contributed by atoms with van der Waals surface area (Å²) in [6.45, 7) is -2.54. The third-order valence-corrected chi connectivity index (χ3v) is 4.66. The first-order valence-corrected chi connectivity index (χ1v) is 9.02. The first kappa shape index (κ1) is 19.1. The van der Waals surface area contributed by atoms with Gasteiger partial charge >= 0.3 is 6.61 Å². The Kier molecular flexibility index (Phi) is 6.20. The Hall–Kier alpha value is -2.71. The van der Waals surface area contributed by atoms with Gasteiger partial charge in [-0.15, -0.1) is 11.3 Å². The van der Waals surface area contributed by atoms with Gasteiger partial charge in [-0.05, 0) is 54.1 Å². The van der Waals surface area contributed by atoms with Crippen molar-refractivity contribution in [3.63, 3.8) is 0 Å². The van der Waals surface area contributed by atoms with E-state index in [0.29, 0.717) is 6.54 Å². The molecule has 0 aliphatic carbocycles. The summed E-state index contributed by atoms with van der Waals surface area (Å²) < 4.78 is 36.0. The molecule has 0 saturated heterocycles. The largest absolute Gasteiger partial charge is 0.497 e. The molecule has 0 fully saturated rings. The summed E-state index contributed by atoms with van der Waals surface area (Å²) in [4.78, 5) is 5.35. The van der Waals surface area contributed by atoms with E-state index in [2.05, 4.69) is 9.73 Å². The number of aromatic nitrogens is 1. The normalized spacial score (nSPS) is 11.8. The van der Waals surface area contributed by atoms with Crippen molar-refractivity contribution in [1.29, 1.82) is 0 Å². The van der Waals surface area contributed by atoms with Crippen LogP contribution in [0.1, 0.15) is 0 Å². The molecule has 0 aliphatic heterocycles. The van der Waals surface area contributed by atoms with E-state index in [4.69, 9.17) is 4.74 Å². The van der Waals surface area contributed by atoms with Crippen LogP contribution in [0.5, 0.6) is 11.5 Å². The maximum absolute atomic E-state index is 12.3. The molecule has 0 spiro atoms. The molecule has 0 atom stereocenters. The summed E-state index contributed by atoms with van der Waals surface area (Å²) in [5.41, 5.74) is 2.42. The van der Waals surface area contributed by atoms with Gasteiger partial charge in [0.25, 0.3) is 0 Å². The molecule has 0 aliphatic rings. The molecule has 1 N–H and O–H groups in total. The van der Waals surface area contributed by atoms with Crippen LogP contribution in [-0.2, 0) is 6.54 Å². The van der Waals surface area contributed by atoms with Gasteiger partial charge in [0.05, 0.1) is 25.1 Å².